The van der Waals surface area contributed by atoms with Crippen molar-refractivity contribution in [2.75, 3.05) is 6.54 Å². The Bertz CT molecular complexity index is 517. The fraction of sp³-hybridized carbons (Fsp3) is 0.562. The summed E-state index contributed by atoms with van der Waals surface area (Å²) < 4.78 is 13.6. The van der Waals surface area contributed by atoms with Crippen LogP contribution in [0, 0.1) is 11.7 Å². The lowest BCUT2D eigenvalue weighted by Gasteiger charge is -2.31. The largest absolute Gasteiger partial charge is 0.389 e. The van der Waals surface area contributed by atoms with Crippen LogP contribution >= 0.6 is 12.2 Å². The molecule has 20 heavy (non-hydrogen) atoms. The predicted octanol–water partition coefficient (Wildman–Crippen LogP) is 3.22. The van der Waals surface area contributed by atoms with Gasteiger partial charge in [-0.05, 0) is 49.4 Å². The molecular formula is C16H21FN2S. The lowest BCUT2D eigenvalue weighted by Crippen LogP contribution is -2.34. The summed E-state index contributed by atoms with van der Waals surface area (Å²) in [7, 11) is 0. The van der Waals surface area contributed by atoms with E-state index in [9.17, 15) is 4.39 Å². The summed E-state index contributed by atoms with van der Waals surface area (Å²) in [5, 5.41) is 0. The van der Waals surface area contributed by atoms with Gasteiger partial charge in [0.05, 0.1) is 0 Å². The van der Waals surface area contributed by atoms with Crippen LogP contribution in [0.5, 0.6) is 0 Å². The lowest BCUT2D eigenvalue weighted by molar-refractivity contribution is 0.176. The summed E-state index contributed by atoms with van der Waals surface area (Å²) in [5.74, 6) is 0.553. The molecule has 0 aromatic heterocycles. The first-order chi connectivity index (χ1) is 9.65. The average Bonchev–Trinajstić information content (AvgIpc) is 2.84. The number of nitrogens with two attached hydrogens (primary N) is 1. The number of likely N-dealkylation sites (tertiary alicyclic amines) is 1. The topological polar surface area (TPSA) is 29.3 Å². The molecule has 1 saturated carbocycles. The van der Waals surface area contributed by atoms with Crippen molar-refractivity contribution in [2.24, 2.45) is 11.7 Å². The standard InChI is InChI=1S/C16H21FN2S/c17-14-6-5-11(9-13(14)16(18)20)10-19-8-7-12-3-1-2-4-15(12)19/h5-6,9,12,15H,1-4,7-8,10H2,(H2,18,20). The van der Waals surface area contributed by atoms with Crippen molar-refractivity contribution < 1.29 is 4.39 Å². The number of hydrogen-bond acceptors (Lipinski definition) is 2. The molecule has 3 rings (SSSR count). The Balaban J connectivity index is 1.74. The highest BCUT2D eigenvalue weighted by molar-refractivity contribution is 7.80. The highest BCUT2D eigenvalue weighted by Crippen LogP contribution is 2.36. The zero-order valence-electron chi connectivity index (χ0n) is 11.6. The SMILES string of the molecule is NC(=S)c1cc(CN2CCC3CCCCC32)ccc1F. The summed E-state index contributed by atoms with van der Waals surface area (Å²) in [6.07, 6.45) is 6.74. The van der Waals surface area contributed by atoms with Crippen molar-refractivity contribution in [3.8, 4) is 0 Å². The number of nitrogens with zero attached hydrogens (tertiary/aromatic N) is 1. The van der Waals surface area contributed by atoms with Gasteiger partial charge in [-0.3, -0.25) is 4.90 Å². The Morgan fingerprint density at radius 3 is 2.90 bits per heavy atom. The summed E-state index contributed by atoms with van der Waals surface area (Å²) in [4.78, 5) is 2.70. The molecule has 2 fully saturated rings. The first-order valence-corrected chi connectivity index (χ1v) is 7.88. The zero-order valence-corrected chi connectivity index (χ0v) is 12.5. The van der Waals surface area contributed by atoms with Gasteiger partial charge in [-0.2, -0.15) is 0 Å². The van der Waals surface area contributed by atoms with E-state index in [0.29, 0.717) is 5.56 Å². The molecule has 1 saturated heterocycles. The van der Waals surface area contributed by atoms with E-state index in [0.717, 1.165) is 30.6 Å². The second-order valence-electron chi connectivity index (χ2n) is 6.05. The van der Waals surface area contributed by atoms with Gasteiger partial charge in [0.2, 0.25) is 0 Å². The van der Waals surface area contributed by atoms with Crippen LogP contribution in [0.1, 0.15) is 43.2 Å². The van der Waals surface area contributed by atoms with Gasteiger partial charge in [-0.25, -0.2) is 4.39 Å². The Morgan fingerprint density at radius 1 is 1.30 bits per heavy atom. The van der Waals surface area contributed by atoms with Crippen LogP contribution in [0.4, 0.5) is 4.39 Å². The highest BCUT2D eigenvalue weighted by atomic mass is 32.1. The molecule has 1 aromatic rings. The van der Waals surface area contributed by atoms with Gasteiger partial charge in [-0.1, -0.05) is 31.1 Å². The van der Waals surface area contributed by atoms with E-state index in [2.05, 4.69) is 4.90 Å². The lowest BCUT2D eigenvalue weighted by atomic mass is 9.85. The molecule has 2 atom stereocenters. The first-order valence-electron chi connectivity index (χ1n) is 7.47. The number of rotatable bonds is 3. The highest BCUT2D eigenvalue weighted by Gasteiger charge is 2.35. The smallest absolute Gasteiger partial charge is 0.133 e. The third kappa shape index (κ3) is 2.72. The minimum absolute atomic E-state index is 0.140. The molecule has 2 unspecified atom stereocenters. The molecular weight excluding hydrogens is 271 g/mol. The Kier molecular flexibility index (Phi) is 4.03. The maximum absolute atomic E-state index is 13.6. The van der Waals surface area contributed by atoms with E-state index in [1.165, 1.54) is 38.2 Å². The number of benzene rings is 1. The van der Waals surface area contributed by atoms with E-state index in [4.69, 9.17) is 18.0 Å². The number of halogens is 1. The van der Waals surface area contributed by atoms with Crippen LogP contribution in [0.2, 0.25) is 0 Å². The van der Waals surface area contributed by atoms with Crippen molar-refractivity contribution in [3.05, 3.63) is 35.1 Å². The van der Waals surface area contributed by atoms with Crippen LogP contribution < -0.4 is 5.73 Å². The van der Waals surface area contributed by atoms with Gasteiger partial charge in [0.25, 0.3) is 0 Å². The second-order valence-corrected chi connectivity index (χ2v) is 6.49. The fourth-order valence-electron chi connectivity index (χ4n) is 3.79. The maximum atomic E-state index is 13.6. The summed E-state index contributed by atoms with van der Waals surface area (Å²) >= 11 is 4.91. The molecule has 4 heteroatoms. The van der Waals surface area contributed by atoms with E-state index < -0.39 is 0 Å². The maximum Gasteiger partial charge on any atom is 0.133 e. The van der Waals surface area contributed by atoms with Crippen LogP contribution in [0.15, 0.2) is 18.2 Å². The van der Waals surface area contributed by atoms with E-state index in [1.807, 2.05) is 12.1 Å². The molecule has 1 aliphatic carbocycles. The van der Waals surface area contributed by atoms with Crippen LogP contribution in [0.25, 0.3) is 0 Å². The second kappa shape index (κ2) is 5.78. The van der Waals surface area contributed by atoms with Gasteiger partial charge in [0, 0.05) is 18.2 Å². The van der Waals surface area contributed by atoms with E-state index in [1.54, 1.807) is 0 Å². The molecule has 108 valence electrons. The Labute approximate surface area is 125 Å². The first kappa shape index (κ1) is 14.0. The quantitative estimate of drug-likeness (QED) is 0.867. The van der Waals surface area contributed by atoms with Crippen LogP contribution in [0.3, 0.4) is 0 Å². The Morgan fingerprint density at radius 2 is 2.10 bits per heavy atom. The third-order valence-corrected chi connectivity index (χ3v) is 5.03. The molecule has 0 radical (unpaired) electrons. The normalized spacial score (nSPS) is 26.4. The van der Waals surface area contributed by atoms with Crippen molar-refractivity contribution >= 4 is 17.2 Å². The van der Waals surface area contributed by atoms with Crippen molar-refractivity contribution in [3.63, 3.8) is 0 Å². The molecule has 2 nitrogen and oxygen atoms in total. The van der Waals surface area contributed by atoms with Gasteiger partial charge in [0.1, 0.15) is 10.8 Å². The van der Waals surface area contributed by atoms with Crippen LogP contribution in [-0.4, -0.2) is 22.5 Å². The molecule has 2 N–H and O–H groups in total. The zero-order chi connectivity index (χ0) is 14.1. The van der Waals surface area contributed by atoms with Crippen LogP contribution in [-0.2, 0) is 6.54 Å². The average molecular weight is 292 g/mol. The predicted molar refractivity (Wildman–Crippen MR) is 83.1 cm³/mol. The summed E-state index contributed by atoms with van der Waals surface area (Å²) in [6.45, 7) is 2.05. The van der Waals surface area contributed by atoms with Gasteiger partial charge < -0.3 is 5.73 Å². The summed E-state index contributed by atoms with van der Waals surface area (Å²) in [6, 6.07) is 5.88. The minimum Gasteiger partial charge on any atom is -0.389 e. The third-order valence-electron chi connectivity index (χ3n) is 4.81. The van der Waals surface area contributed by atoms with Crippen molar-refractivity contribution in [1.29, 1.82) is 0 Å². The van der Waals surface area contributed by atoms with Gasteiger partial charge in [0.15, 0.2) is 0 Å². The molecule has 1 heterocycles. The van der Waals surface area contributed by atoms with E-state index >= 15 is 0 Å². The molecule has 0 spiro atoms. The minimum atomic E-state index is -0.321. The van der Waals surface area contributed by atoms with E-state index in [-0.39, 0.29) is 10.8 Å². The Hall–Kier alpha value is -1.00. The van der Waals surface area contributed by atoms with Gasteiger partial charge >= 0.3 is 0 Å². The summed E-state index contributed by atoms with van der Waals surface area (Å²) in [5.41, 5.74) is 7.06. The van der Waals surface area contributed by atoms with Gasteiger partial charge in [-0.15, -0.1) is 0 Å². The molecule has 1 aliphatic heterocycles. The number of fused-ring (bicyclic) bond motifs is 1. The van der Waals surface area contributed by atoms with Crippen molar-refractivity contribution in [1.82, 2.24) is 4.90 Å². The molecule has 2 aliphatic rings. The molecule has 0 bridgehead atoms. The fourth-order valence-corrected chi connectivity index (χ4v) is 3.95. The van der Waals surface area contributed by atoms with Crippen molar-refractivity contribution in [2.45, 2.75) is 44.7 Å². The number of hydrogen-bond donors (Lipinski definition) is 1. The number of thiocarbonyl (C=S) groups is 1. The molecule has 1 aromatic carbocycles. The monoisotopic (exact) mass is 292 g/mol. The molecule has 0 amide bonds.